The van der Waals surface area contributed by atoms with Crippen molar-refractivity contribution in [2.24, 2.45) is 4.99 Å². The van der Waals surface area contributed by atoms with Gasteiger partial charge in [0, 0.05) is 43.8 Å². The van der Waals surface area contributed by atoms with Crippen molar-refractivity contribution in [1.29, 1.82) is 0 Å². The number of nitrogens with one attached hydrogen (secondary N) is 1. The molecular weight excluding hydrogens is 352 g/mol. The molecule has 2 aliphatic heterocycles. The van der Waals surface area contributed by atoms with Gasteiger partial charge >= 0.3 is 0 Å². The van der Waals surface area contributed by atoms with Crippen LogP contribution in [0.2, 0.25) is 0 Å². The minimum Gasteiger partial charge on any atom is -0.375 e. The summed E-state index contributed by atoms with van der Waals surface area (Å²) in [5.41, 5.74) is 0.185. The van der Waals surface area contributed by atoms with Crippen LogP contribution in [0, 0.1) is 11.6 Å². The Morgan fingerprint density at radius 3 is 2.70 bits per heavy atom. The Morgan fingerprint density at radius 1 is 1.22 bits per heavy atom. The molecule has 1 N–H and O–H groups in total. The first-order chi connectivity index (χ1) is 13.2. The average molecular weight is 379 g/mol. The number of hydrogen-bond acceptors (Lipinski definition) is 3. The highest BCUT2D eigenvalue weighted by molar-refractivity contribution is 5.81. The van der Waals surface area contributed by atoms with Crippen LogP contribution in [0.3, 0.4) is 0 Å². The quantitative estimate of drug-likeness (QED) is 0.645. The van der Waals surface area contributed by atoms with E-state index < -0.39 is 11.6 Å². The van der Waals surface area contributed by atoms with E-state index in [-0.39, 0.29) is 29.7 Å². The van der Waals surface area contributed by atoms with Crippen molar-refractivity contribution in [1.82, 2.24) is 10.2 Å². The molecule has 2 saturated heterocycles. The van der Waals surface area contributed by atoms with Gasteiger partial charge in [0.05, 0.1) is 12.7 Å². The highest BCUT2D eigenvalue weighted by Gasteiger charge is 2.43. The standard InChI is InChI=1S/C20H27F2N3O2/c1-2-23-20(25-8-10-27-18(12-25)17-7-4-9-26-17)24-16-11-13(16)19-14(21)5-3-6-15(19)22/h3,5-6,13,16-18H,2,4,7-12H2,1H3,(H,23,24). The molecule has 0 aromatic heterocycles. The maximum atomic E-state index is 14.0. The van der Waals surface area contributed by atoms with Gasteiger partial charge in [-0.15, -0.1) is 0 Å². The fourth-order valence-corrected chi connectivity index (χ4v) is 4.08. The van der Waals surface area contributed by atoms with Gasteiger partial charge in [-0.05, 0) is 38.3 Å². The van der Waals surface area contributed by atoms with E-state index in [2.05, 4.69) is 15.2 Å². The Labute approximate surface area is 158 Å². The zero-order valence-corrected chi connectivity index (χ0v) is 15.7. The van der Waals surface area contributed by atoms with Gasteiger partial charge in [0.25, 0.3) is 0 Å². The second-order valence-corrected chi connectivity index (χ2v) is 7.43. The molecule has 7 heteroatoms. The summed E-state index contributed by atoms with van der Waals surface area (Å²) in [6, 6.07) is 4.05. The molecule has 3 fully saturated rings. The number of morpholine rings is 1. The number of rotatable bonds is 4. The van der Waals surface area contributed by atoms with Crippen LogP contribution in [-0.2, 0) is 9.47 Å². The molecule has 0 amide bonds. The van der Waals surface area contributed by atoms with Crippen molar-refractivity contribution in [2.45, 2.75) is 50.4 Å². The summed E-state index contributed by atoms with van der Waals surface area (Å²) >= 11 is 0. The van der Waals surface area contributed by atoms with Gasteiger partial charge in [-0.1, -0.05) is 6.07 Å². The van der Waals surface area contributed by atoms with E-state index in [1.807, 2.05) is 6.92 Å². The predicted octanol–water partition coefficient (Wildman–Crippen LogP) is 2.67. The van der Waals surface area contributed by atoms with Crippen LogP contribution in [0.25, 0.3) is 0 Å². The third-order valence-corrected chi connectivity index (χ3v) is 5.56. The smallest absolute Gasteiger partial charge is 0.194 e. The number of guanidine groups is 1. The molecule has 5 nitrogen and oxygen atoms in total. The van der Waals surface area contributed by atoms with Crippen molar-refractivity contribution < 1.29 is 18.3 Å². The average Bonchev–Trinajstić information content (AvgIpc) is 3.18. The van der Waals surface area contributed by atoms with Crippen molar-refractivity contribution >= 4 is 5.96 Å². The molecule has 0 spiro atoms. The number of aliphatic imine (C=N–C) groups is 1. The Hall–Kier alpha value is -1.73. The third kappa shape index (κ3) is 4.09. The molecule has 1 saturated carbocycles. The summed E-state index contributed by atoms with van der Waals surface area (Å²) in [4.78, 5) is 6.80. The van der Waals surface area contributed by atoms with Crippen LogP contribution in [-0.4, -0.2) is 62.0 Å². The van der Waals surface area contributed by atoms with E-state index in [1.54, 1.807) is 0 Å². The number of halogens is 2. The first-order valence-corrected chi connectivity index (χ1v) is 9.90. The Balaban J connectivity index is 1.41. The van der Waals surface area contributed by atoms with Crippen molar-refractivity contribution in [3.8, 4) is 0 Å². The molecule has 4 atom stereocenters. The molecule has 0 radical (unpaired) electrons. The lowest BCUT2D eigenvalue weighted by atomic mass is 10.1. The normalized spacial score (nSPS) is 31.2. The molecule has 0 bridgehead atoms. The molecule has 4 unspecified atom stereocenters. The van der Waals surface area contributed by atoms with Crippen LogP contribution in [0.1, 0.15) is 37.7 Å². The second kappa shape index (κ2) is 8.10. The van der Waals surface area contributed by atoms with Crippen LogP contribution < -0.4 is 5.32 Å². The summed E-state index contributed by atoms with van der Waals surface area (Å²) in [7, 11) is 0. The van der Waals surface area contributed by atoms with Crippen LogP contribution in [0.15, 0.2) is 23.2 Å². The summed E-state index contributed by atoms with van der Waals surface area (Å²) < 4.78 is 39.8. The first kappa shape index (κ1) is 18.6. The lowest BCUT2D eigenvalue weighted by Crippen LogP contribution is -2.53. The van der Waals surface area contributed by atoms with Gasteiger partial charge in [0.15, 0.2) is 5.96 Å². The minimum atomic E-state index is -0.469. The van der Waals surface area contributed by atoms with Crippen molar-refractivity contribution in [3.63, 3.8) is 0 Å². The second-order valence-electron chi connectivity index (χ2n) is 7.43. The largest absolute Gasteiger partial charge is 0.375 e. The molecule has 1 aromatic rings. The Kier molecular flexibility index (Phi) is 5.59. The first-order valence-electron chi connectivity index (χ1n) is 9.90. The fraction of sp³-hybridized carbons (Fsp3) is 0.650. The zero-order valence-electron chi connectivity index (χ0n) is 15.7. The van der Waals surface area contributed by atoms with Gasteiger partial charge in [0.1, 0.15) is 17.7 Å². The van der Waals surface area contributed by atoms with Crippen molar-refractivity contribution in [3.05, 3.63) is 35.4 Å². The minimum absolute atomic E-state index is 0.00530. The highest BCUT2D eigenvalue weighted by atomic mass is 19.1. The van der Waals surface area contributed by atoms with E-state index in [0.29, 0.717) is 19.6 Å². The molecule has 1 aromatic carbocycles. The van der Waals surface area contributed by atoms with Gasteiger partial charge in [-0.25, -0.2) is 8.78 Å². The zero-order chi connectivity index (χ0) is 18.8. The molecule has 4 rings (SSSR count). The molecule has 148 valence electrons. The lowest BCUT2D eigenvalue weighted by molar-refractivity contribution is -0.0817. The molecule has 27 heavy (non-hydrogen) atoms. The number of hydrogen-bond donors (Lipinski definition) is 1. The number of benzene rings is 1. The molecule has 3 aliphatic rings. The van der Waals surface area contributed by atoms with E-state index in [9.17, 15) is 8.78 Å². The maximum absolute atomic E-state index is 14.0. The highest BCUT2D eigenvalue weighted by Crippen LogP contribution is 2.43. The van der Waals surface area contributed by atoms with E-state index in [4.69, 9.17) is 9.47 Å². The molecular formula is C20H27F2N3O2. The summed E-state index contributed by atoms with van der Waals surface area (Å²) in [5, 5.41) is 3.42. The van der Waals surface area contributed by atoms with Crippen LogP contribution >= 0.6 is 0 Å². The van der Waals surface area contributed by atoms with Crippen molar-refractivity contribution in [2.75, 3.05) is 32.8 Å². The maximum Gasteiger partial charge on any atom is 0.194 e. The summed E-state index contributed by atoms with van der Waals surface area (Å²) in [5.74, 6) is -0.289. The third-order valence-electron chi connectivity index (χ3n) is 5.56. The van der Waals surface area contributed by atoms with Gasteiger partial charge in [-0.2, -0.15) is 0 Å². The Morgan fingerprint density at radius 2 is 2.00 bits per heavy atom. The molecule has 2 heterocycles. The topological polar surface area (TPSA) is 46.1 Å². The van der Waals surface area contributed by atoms with Gasteiger partial charge < -0.3 is 19.7 Å². The fourth-order valence-electron chi connectivity index (χ4n) is 4.08. The summed E-state index contributed by atoms with van der Waals surface area (Å²) in [6.07, 6.45) is 3.01. The SMILES string of the molecule is CCN=C(NC1CC1c1c(F)cccc1F)N1CCOC(C2CCCO2)C1. The number of nitrogens with zero attached hydrogens (tertiary/aromatic N) is 2. The predicted molar refractivity (Wildman–Crippen MR) is 98.9 cm³/mol. The number of ether oxygens (including phenoxy) is 2. The van der Waals surface area contributed by atoms with E-state index >= 15 is 0 Å². The lowest BCUT2D eigenvalue weighted by Gasteiger charge is -2.37. The van der Waals surface area contributed by atoms with E-state index in [1.165, 1.54) is 18.2 Å². The van der Waals surface area contributed by atoms with Crippen LogP contribution in [0.4, 0.5) is 8.78 Å². The van der Waals surface area contributed by atoms with Gasteiger partial charge in [0.2, 0.25) is 0 Å². The van der Waals surface area contributed by atoms with E-state index in [0.717, 1.165) is 38.5 Å². The van der Waals surface area contributed by atoms with Crippen LogP contribution in [0.5, 0.6) is 0 Å². The Bertz CT molecular complexity index is 674. The molecule has 1 aliphatic carbocycles. The monoisotopic (exact) mass is 379 g/mol. The summed E-state index contributed by atoms with van der Waals surface area (Å²) in [6.45, 7) is 5.54. The van der Waals surface area contributed by atoms with Gasteiger partial charge in [-0.3, -0.25) is 4.99 Å².